The number of ether oxygens (including phenoxy) is 1. The molecule has 3 rings (SSSR count). The molecule has 0 spiro atoms. The van der Waals surface area contributed by atoms with Crippen molar-refractivity contribution in [3.63, 3.8) is 0 Å². The second-order valence-electron chi connectivity index (χ2n) is 3.94. The summed E-state index contributed by atoms with van der Waals surface area (Å²) in [7, 11) is 0. The van der Waals surface area contributed by atoms with Crippen molar-refractivity contribution in [1.82, 2.24) is 9.97 Å². The van der Waals surface area contributed by atoms with E-state index in [4.69, 9.17) is 15.0 Å². The monoisotopic (exact) mass is 276 g/mol. The van der Waals surface area contributed by atoms with Crippen LogP contribution in [0.25, 0.3) is 10.2 Å². The summed E-state index contributed by atoms with van der Waals surface area (Å²) < 4.78 is 10.9. The number of furan rings is 1. The normalized spacial score (nSPS) is 10.8. The molecule has 0 saturated heterocycles. The minimum absolute atomic E-state index is 0.317. The average molecular weight is 276 g/mol. The van der Waals surface area contributed by atoms with Gasteiger partial charge in [-0.05, 0) is 25.1 Å². The van der Waals surface area contributed by atoms with Crippen LogP contribution >= 0.6 is 11.3 Å². The Morgan fingerprint density at radius 1 is 1.47 bits per heavy atom. The smallest absolute Gasteiger partial charge is 0.241 e. The largest absolute Gasteiger partial charge is 0.469 e. The van der Waals surface area contributed by atoms with Crippen molar-refractivity contribution in [2.45, 2.75) is 13.5 Å². The van der Waals surface area contributed by atoms with Gasteiger partial charge in [-0.25, -0.2) is 10.8 Å². The molecule has 98 valence electrons. The number of anilines is 1. The number of hydrazine groups is 1. The first-order chi connectivity index (χ1) is 9.26. The van der Waals surface area contributed by atoms with E-state index >= 15 is 0 Å². The SMILES string of the molecule is Cc1cc2c(OCc3ccco3)nc(NN)nc2s1. The maximum absolute atomic E-state index is 5.69. The number of aryl methyl sites for hydroxylation is 1. The van der Waals surface area contributed by atoms with E-state index in [9.17, 15) is 0 Å². The molecule has 0 fully saturated rings. The Kier molecular flexibility index (Phi) is 3.06. The first-order valence-corrected chi connectivity index (χ1v) is 6.48. The van der Waals surface area contributed by atoms with Crippen LogP contribution < -0.4 is 16.0 Å². The van der Waals surface area contributed by atoms with Crippen molar-refractivity contribution in [2.24, 2.45) is 5.84 Å². The summed E-state index contributed by atoms with van der Waals surface area (Å²) in [5.74, 6) is 6.94. The molecule has 0 atom stereocenters. The van der Waals surface area contributed by atoms with Gasteiger partial charge in [0.05, 0.1) is 11.6 Å². The standard InChI is InChI=1S/C12H12N4O2S/c1-7-5-9-10(18-6-8-3-2-4-17-8)14-12(16-13)15-11(9)19-7/h2-5H,6,13H2,1H3,(H,14,15,16). The van der Waals surface area contributed by atoms with E-state index in [0.717, 1.165) is 20.9 Å². The van der Waals surface area contributed by atoms with E-state index in [0.29, 0.717) is 18.4 Å². The van der Waals surface area contributed by atoms with Crippen LogP contribution in [0.2, 0.25) is 0 Å². The third-order valence-corrected chi connectivity index (χ3v) is 3.49. The molecule has 0 saturated carbocycles. The van der Waals surface area contributed by atoms with Gasteiger partial charge >= 0.3 is 0 Å². The van der Waals surface area contributed by atoms with E-state index < -0.39 is 0 Å². The number of hydrogen-bond acceptors (Lipinski definition) is 7. The number of thiophene rings is 1. The van der Waals surface area contributed by atoms with Crippen LogP contribution in [0.15, 0.2) is 28.9 Å². The summed E-state index contributed by atoms with van der Waals surface area (Å²) in [4.78, 5) is 10.5. The first-order valence-electron chi connectivity index (χ1n) is 5.66. The fourth-order valence-corrected chi connectivity index (χ4v) is 2.59. The maximum atomic E-state index is 5.69. The van der Waals surface area contributed by atoms with Gasteiger partial charge in [0.1, 0.15) is 17.2 Å². The van der Waals surface area contributed by atoms with E-state index in [-0.39, 0.29) is 0 Å². The van der Waals surface area contributed by atoms with Crippen LogP contribution in [0.1, 0.15) is 10.6 Å². The average Bonchev–Trinajstić information content (AvgIpc) is 3.03. The Hall–Kier alpha value is -2.12. The van der Waals surface area contributed by atoms with Crippen molar-refractivity contribution in [1.29, 1.82) is 0 Å². The minimum atomic E-state index is 0.317. The van der Waals surface area contributed by atoms with Crippen LogP contribution in [0.4, 0.5) is 5.95 Å². The number of nitrogens with one attached hydrogen (secondary N) is 1. The summed E-state index contributed by atoms with van der Waals surface area (Å²) >= 11 is 1.57. The quantitative estimate of drug-likeness (QED) is 0.562. The molecule has 3 heterocycles. The molecular weight excluding hydrogens is 264 g/mol. The second-order valence-corrected chi connectivity index (χ2v) is 5.18. The lowest BCUT2D eigenvalue weighted by atomic mass is 10.3. The second kappa shape index (κ2) is 4.87. The number of nitrogens with two attached hydrogens (primary N) is 1. The number of fused-ring (bicyclic) bond motifs is 1. The van der Waals surface area contributed by atoms with Gasteiger partial charge in [0.15, 0.2) is 0 Å². The number of aromatic nitrogens is 2. The van der Waals surface area contributed by atoms with Crippen LogP contribution in [-0.4, -0.2) is 9.97 Å². The third kappa shape index (κ3) is 2.38. The van der Waals surface area contributed by atoms with Gasteiger partial charge in [0.25, 0.3) is 0 Å². The highest BCUT2D eigenvalue weighted by atomic mass is 32.1. The number of nitrogens with zero attached hydrogens (tertiary/aromatic N) is 2. The van der Waals surface area contributed by atoms with Gasteiger partial charge in [0.2, 0.25) is 11.8 Å². The number of nitrogen functional groups attached to an aromatic ring is 1. The highest BCUT2D eigenvalue weighted by molar-refractivity contribution is 7.18. The zero-order valence-electron chi connectivity index (χ0n) is 10.2. The van der Waals surface area contributed by atoms with Crippen molar-refractivity contribution < 1.29 is 9.15 Å². The summed E-state index contributed by atoms with van der Waals surface area (Å²) in [5.41, 5.74) is 2.44. The Morgan fingerprint density at radius 2 is 2.37 bits per heavy atom. The lowest BCUT2D eigenvalue weighted by Gasteiger charge is -2.06. The van der Waals surface area contributed by atoms with Gasteiger partial charge < -0.3 is 9.15 Å². The van der Waals surface area contributed by atoms with E-state index in [2.05, 4.69) is 15.4 Å². The predicted molar refractivity (Wildman–Crippen MR) is 73.0 cm³/mol. The molecule has 0 aliphatic rings. The van der Waals surface area contributed by atoms with Crippen LogP contribution in [0.5, 0.6) is 5.88 Å². The first kappa shape index (κ1) is 11.9. The summed E-state index contributed by atoms with van der Waals surface area (Å²) in [6.07, 6.45) is 1.61. The topological polar surface area (TPSA) is 86.2 Å². The minimum Gasteiger partial charge on any atom is -0.469 e. The zero-order valence-corrected chi connectivity index (χ0v) is 11.0. The molecular formula is C12H12N4O2S. The van der Waals surface area contributed by atoms with Crippen molar-refractivity contribution in [3.8, 4) is 5.88 Å². The molecule has 0 aromatic carbocycles. The molecule has 0 aliphatic carbocycles. The Balaban J connectivity index is 1.96. The van der Waals surface area contributed by atoms with E-state index in [1.165, 1.54) is 0 Å². The van der Waals surface area contributed by atoms with Gasteiger partial charge in [-0.1, -0.05) is 0 Å². The van der Waals surface area contributed by atoms with Gasteiger partial charge in [-0.2, -0.15) is 4.98 Å². The highest BCUT2D eigenvalue weighted by Gasteiger charge is 2.12. The summed E-state index contributed by atoms with van der Waals surface area (Å²) in [5, 5.41) is 0.882. The van der Waals surface area contributed by atoms with Gasteiger partial charge in [-0.3, -0.25) is 5.43 Å². The molecule has 3 aromatic rings. The molecule has 19 heavy (non-hydrogen) atoms. The fourth-order valence-electron chi connectivity index (χ4n) is 1.72. The van der Waals surface area contributed by atoms with Crippen molar-refractivity contribution >= 4 is 27.5 Å². The van der Waals surface area contributed by atoms with Gasteiger partial charge in [-0.15, -0.1) is 11.3 Å². The summed E-state index contributed by atoms with van der Waals surface area (Å²) in [6, 6.07) is 5.66. The van der Waals surface area contributed by atoms with Crippen LogP contribution in [0, 0.1) is 6.92 Å². The molecule has 0 amide bonds. The molecule has 0 bridgehead atoms. The fraction of sp³-hybridized carbons (Fsp3) is 0.167. The molecule has 6 nitrogen and oxygen atoms in total. The molecule has 3 N–H and O–H groups in total. The number of rotatable bonds is 4. The molecule has 0 unspecified atom stereocenters. The highest BCUT2D eigenvalue weighted by Crippen LogP contribution is 2.31. The molecule has 0 aliphatic heterocycles. The predicted octanol–water partition coefficient (Wildman–Crippen LogP) is 2.46. The molecule has 0 radical (unpaired) electrons. The Labute approximate surface area is 113 Å². The van der Waals surface area contributed by atoms with Crippen LogP contribution in [0.3, 0.4) is 0 Å². The molecule has 3 aromatic heterocycles. The van der Waals surface area contributed by atoms with Gasteiger partial charge in [0, 0.05) is 4.88 Å². The lowest BCUT2D eigenvalue weighted by Crippen LogP contribution is -2.11. The maximum Gasteiger partial charge on any atom is 0.241 e. The lowest BCUT2D eigenvalue weighted by molar-refractivity contribution is 0.264. The van der Waals surface area contributed by atoms with Crippen LogP contribution in [-0.2, 0) is 6.61 Å². The van der Waals surface area contributed by atoms with Crippen molar-refractivity contribution in [3.05, 3.63) is 35.1 Å². The number of hydrogen-bond donors (Lipinski definition) is 2. The Bertz CT molecular complexity index is 693. The van der Waals surface area contributed by atoms with E-state index in [1.807, 2.05) is 25.1 Å². The van der Waals surface area contributed by atoms with Crippen molar-refractivity contribution in [2.75, 3.05) is 5.43 Å². The van der Waals surface area contributed by atoms with E-state index in [1.54, 1.807) is 17.6 Å². The Morgan fingerprint density at radius 3 is 3.11 bits per heavy atom. The zero-order chi connectivity index (χ0) is 13.2. The molecule has 7 heteroatoms. The third-order valence-electron chi connectivity index (χ3n) is 2.54. The summed E-state index contributed by atoms with van der Waals surface area (Å²) in [6.45, 7) is 2.33.